The summed E-state index contributed by atoms with van der Waals surface area (Å²) in [5, 5.41) is 66.8. The maximum atomic E-state index is 15.6. The third kappa shape index (κ3) is 21.6. The van der Waals surface area contributed by atoms with Gasteiger partial charge in [0.05, 0.1) is 12.1 Å². The molecule has 0 saturated heterocycles. The van der Waals surface area contributed by atoms with Crippen LogP contribution in [0.15, 0.2) is 122 Å². The summed E-state index contributed by atoms with van der Waals surface area (Å²) >= 11 is 0. The zero-order valence-corrected chi connectivity index (χ0v) is 57.9. The van der Waals surface area contributed by atoms with Crippen LogP contribution in [0.5, 0.6) is 0 Å². The number of hydrogen-bond donors (Lipinski definition) is 22. The van der Waals surface area contributed by atoms with Crippen molar-refractivity contribution in [3.05, 3.63) is 144 Å². The highest BCUT2D eigenvalue weighted by atomic mass is 16.4. The maximum absolute atomic E-state index is 15.6. The molecule has 4 aromatic carbocycles. The van der Waals surface area contributed by atoms with Gasteiger partial charge in [-0.1, -0.05) is 93.1 Å². The van der Waals surface area contributed by atoms with E-state index in [1.54, 1.807) is 44.7 Å². The van der Waals surface area contributed by atoms with Crippen LogP contribution < -0.4 is 76.1 Å². The first-order valence-electron chi connectivity index (χ1n) is 34.6. The van der Waals surface area contributed by atoms with Crippen molar-refractivity contribution < 1.29 is 53.4 Å². The molecule has 4 heterocycles. The predicted molar refractivity (Wildman–Crippen MR) is 391 cm³/mol. The summed E-state index contributed by atoms with van der Waals surface area (Å²) in [5.41, 5.74) is 28.3. The number of carbonyl (C=O) groups is 9. The SMILES string of the molecule is CC[C@H](C)[C@H](NC(=O)[C@@H](NC(=O)[C@@H](N)CCCNC(=N)N)[C@@H](C)O)C(=O)N[C@@H](CCCCN)C(=O)N[C@@H](CCCNC(=N)N)C(=O)N[C@@H](Cc1c[nH]c2ccccc12)C(=O)N[C@@H](Cc1c[nH]c2ccccc12)C(=O)N[C@@H](Cc1c[nH]c2ccccc12)C(=O)N[C@@H](Cc1c[nH]c2ccccc12)C(=O)O. The Balaban J connectivity index is 1.09. The number of aliphatic carboxylic acids is 1. The van der Waals surface area contributed by atoms with E-state index in [0.717, 1.165) is 21.8 Å². The molecule has 550 valence electrons. The number of aliphatic hydroxyl groups excluding tert-OH is 1. The molecule has 31 heteroatoms. The first kappa shape index (κ1) is 77.4. The first-order valence-corrected chi connectivity index (χ1v) is 34.6. The standard InChI is InChI=1S/C72H96N20O11/c1-4-39(2)60(91-69(101)61(40(3)93)92-62(94)49(74)21-15-29-79-71(75)76)68(100)86-54(26-13-14-28-73)63(95)85-55(27-16-30-80-72(77)78)64(96)87-56(31-41-35-81-50-22-9-5-17-45(41)50)65(97)88-57(32-42-36-82-51-23-10-6-18-46(42)51)66(98)89-58(33-43-37-83-52-24-11-7-19-47(43)52)67(99)90-59(70(102)103)34-44-38-84-53-25-12-8-20-48(44)53/h5-12,17-20,22-25,35-40,49,54-61,81-84,93H,4,13-16,21,26-34,73-74H2,1-3H3,(H,85,95)(H,86,100)(H,87,96)(H,88,97)(H,89,98)(H,90,99)(H,91,101)(H,92,94)(H,102,103)(H4,75,76,79)(H4,77,78,80)/t39-,40+,49-,54-,55-,56-,57-,58-,59-,60-,61-/m0/s1. The minimum Gasteiger partial charge on any atom is -0.480 e. The highest BCUT2D eigenvalue weighted by molar-refractivity contribution is 6.00. The lowest BCUT2D eigenvalue weighted by atomic mass is 9.96. The molecular formula is C72H96N20O11. The Morgan fingerprint density at radius 2 is 0.748 bits per heavy atom. The summed E-state index contributed by atoms with van der Waals surface area (Å²) in [6.07, 6.45) is 6.15. The molecule has 4 aromatic heterocycles. The second-order valence-electron chi connectivity index (χ2n) is 25.9. The Kier molecular flexibility index (Phi) is 28.1. The van der Waals surface area contributed by atoms with Crippen molar-refractivity contribution in [3.8, 4) is 0 Å². The van der Waals surface area contributed by atoms with Gasteiger partial charge >= 0.3 is 5.97 Å². The van der Waals surface area contributed by atoms with Gasteiger partial charge < -0.3 is 106 Å². The van der Waals surface area contributed by atoms with Gasteiger partial charge in [-0.25, -0.2) is 4.79 Å². The minimum atomic E-state index is -1.58. The molecule has 0 aliphatic heterocycles. The number of aromatic amines is 4. The van der Waals surface area contributed by atoms with Crippen LogP contribution in [0.1, 0.15) is 94.4 Å². The molecule has 11 atom stereocenters. The number of H-pyrrole nitrogens is 4. The summed E-state index contributed by atoms with van der Waals surface area (Å²) in [7, 11) is 0. The fourth-order valence-corrected chi connectivity index (χ4v) is 12.4. The van der Waals surface area contributed by atoms with Gasteiger partial charge in [0, 0.05) is 107 Å². The van der Waals surface area contributed by atoms with Crippen LogP contribution in [0.3, 0.4) is 0 Å². The molecular weight excluding hydrogens is 1320 g/mol. The number of aliphatic hydroxyl groups is 1. The average Bonchev–Trinajstić information content (AvgIpc) is 1.73. The van der Waals surface area contributed by atoms with E-state index in [1.807, 2.05) is 91.0 Å². The topological polar surface area (TPSA) is 529 Å². The van der Waals surface area contributed by atoms with E-state index >= 15 is 14.4 Å². The number of unbranched alkanes of at least 4 members (excludes halogenated alkanes) is 1. The second-order valence-corrected chi connectivity index (χ2v) is 25.9. The average molecular weight is 1420 g/mol. The summed E-state index contributed by atoms with van der Waals surface area (Å²) in [5.74, 6) is -9.32. The molecule has 8 amide bonds. The number of amides is 8. The number of carbonyl (C=O) groups excluding carboxylic acids is 8. The molecule has 26 N–H and O–H groups in total. The third-order valence-corrected chi connectivity index (χ3v) is 18.3. The van der Waals surface area contributed by atoms with E-state index < -0.39 is 120 Å². The summed E-state index contributed by atoms with van der Waals surface area (Å²) in [6.45, 7) is 5.25. The quantitative estimate of drug-likeness (QED) is 0.0146. The molecule has 0 aliphatic rings. The van der Waals surface area contributed by atoms with Crippen molar-refractivity contribution in [2.75, 3.05) is 19.6 Å². The Morgan fingerprint density at radius 1 is 0.427 bits per heavy atom. The Morgan fingerprint density at radius 3 is 1.12 bits per heavy atom. The van der Waals surface area contributed by atoms with Crippen molar-refractivity contribution in [3.63, 3.8) is 0 Å². The molecule has 0 aliphatic carbocycles. The van der Waals surface area contributed by atoms with Crippen molar-refractivity contribution in [1.29, 1.82) is 10.8 Å². The highest BCUT2D eigenvalue weighted by Crippen LogP contribution is 2.25. The highest BCUT2D eigenvalue weighted by Gasteiger charge is 2.38. The van der Waals surface area contributed by atoms with Gasteiger partial charge in [0.15, 0.2) is 11.9 Å². The lowest BCUT2D eigenvalue weighted by Gasteiger charge is -2.30. The fraction of sp³-hybridized carbons (Fsp3) is 0.403. The van der Waals surface area contributed by atoms with Crippen LogP contribution in [0.4, 0.5) is 0 Å². The zero-order valence-electron chi connectivity index (χ0n) is 57.9. The number of carboxylic acids is 1. The largest absolute Gasteiger partial charge is 0.480 e. The van der Waals surface area contributed by atoms with Crippen LogP contribution in [-0.2, 0) is 68.8 Å². The number of hydrogen-bond acceptors (Lipinski definition) is 14. The number of aromatic nitrogens is 4. The first-order chi connectivity index (χ1) is 49.4. The number of fused-ring (bicyclic) bond motifs is 4. The molecule has 31 nitrogen and oxygen atoms in total. The van der Waals surface area contributed by atoms with Gasteiger partial charge in [-0.05, 0) is 111 Å². The molecule has 103 heavy (non-hydrogen) atoms. The molecule has 8 aromatic rings. The van der Waals surface area contributed by atoms with Crippen LogP contribution in [-0.4, -0.2) is 175 Å². The maximum Gasteiger partial charge on any atom is 0.326 e. The smallest absolute Gasteiger partial charge is 0.326 e. The molecule has 0 saturated carbocycles. The fourth-order valence-electron chi connectivity index (χ4n) is 12.4. The van der Waals surface area contributed by atoms with Crippen LogP contribution in [0.25, 0.3) is 43.6 Å². The lowest BCUT2D eigenvalue weighted by molar-refractivity contribution is -0.142. The van der Waals surface area contributed by atoms with E-state index in [0.29, 0.717) is 69.7 Å². The van der Waals surface area contributed by atoms with E-state index in [1.165, 1.54) is 6.92 Å². The second kappa shape index (κ2) is 37.4. The van der Waals surface area contributed by atoms with Crippen LogP contribution in [0, 0.1) is 16.7 Å². The van der Waals surface area contributed by atoms with Crippen LogP contribution >= 0.6 is 0 Å². The predicted octanol–water partition coefficient (Wildman–Crippen LogP) is 1.26. The van der Waals surface area contributed by atoms with Crippen molar-refractivity contribution in [2.24, 2.45) is 28.9 Å². The summed E-state index contributed by atoms with van der Waals surface area (Å²) in [4.78, 5) is 144. The normalized spacial score (nSPS) is 14.6. The summed E-state index contributed by atoms with van der Waals surface area (Å²) < 4.78 is 0. The van der Waals surface area contributed by atoms with Crippen molar-refractivity contribution in [1.82, 2.24) is 73.1 Å². The van der Waals surface area contributed by atoms with E-state index in [9.17, 15) is 39.0 Å². The molecule has 0 bridgehead atoms. The Hall–Kier alpha value is -11.3. The lowest BCUT2D eigenvalue weighted by Crippen LogP contribution is -2.62. The van der Waals surface area contributed by atoms with Gasteiger partial charge in [0.25, 0.3) is 0 Å². The molecule has 0 fully saturated rings. The van der Waals surface area contributed by atoms with Gasteiger partial charge in [0.2, 0.25) is 47.3 Å². The number of nitrogens with one attached hydrogen (secondary N) is 16. The monoisotopic (exact) mass is 1420 g/mol. The molecule has 0 spiro atoms. The Bertz CT molecular complexity index is 4270. The molecule has 8 rings (SSSR count). The Labute approximate surface area is 594 Å². The van der Waals surface area contributed by atoms with Gasteiger partial charge in [-0.3, -0.25) is 49.2 Å². The third-order valence-electron chi connectivity index (χ3n) is 18.3. The number of nitrogens with two attached hydrogens (primary N) is 4. The zero-order chi connectivity index (χ0) is 74.3. The van der Waals surface area contributed by atoms with Gasteiger partial charge in [-0.2, -0.15) is 0 Å². The number of carboxylic acid groups (broad SMARTS) is 1. The number of rotatable bonds is 40. The molecule has 0 unspecified atom stereocenters. The van der Waals surface area contributed by atoms with Crippen LogP contribution in [0.2, 0.25) is 0 Å². The van der Waals surface area contributed by atoms with E-state index in [-0.39, 0.29) is 82.9 Å². The number of para-hydroxylation sites is 4. The number of guanidine groups is 2. The van der Waals surface area contributed by atoms with E-state index in [4.69, 9.17) is 33.8 Å². The van der Waals surface area contributed by atoms with Crippen molar-refractivity contribution >= 4 is 109 Å². The van der Waals surface area contributed by atoms with Crippen molar-refractivity contribution in [2.45, 2.75) is 158 Å². The van der Waals surface area contributed by atoms with Gasteiger partial charge in [-0.15, -0.1) is 0 Å². The summed E-state index contributed by atoms with van der Waals surface area (Å²) in [6, 6.07) is 16.4. The molecule has 0 radical (unpaired) electrons. The van der Waals surface area contributed by atoms with Gasteiger partial charge in [0.1, 0.15) is 48.3 Å². The minimum absolute atomic E-state index is 0.0106. The van der Waals surface area contributed by atoms with E-state index in [2.05, 4.69) is 73.1 Å². The number of benzene rings is 4.